The van der Waals surface area contributed by atoms with Gasteiger partial charge in [-0.05, 0) is 38.0 Å². The maximum absolute atomic E-state index is 12.3. The smallest absolute Gasteiger partial charge is 0.338 e. The van der Waals surface area contributed by atoms with Crippen molar-refractivity contribution in [3.05, 3.63) is 54.0 Å². The number of nitrogens with zero attached hydrogens (tertiary/aromatic N) is 5. The molecule has 7 nitrogen and oxygen atoms in total. The molecule has 1 aromatic carbocycles. The Hall–Kier alpha value is -2.96. The minimum absolute atomic E-state index is 0.128. The fourth-order valence-electron chi connectivity index (χ4n) is 3.28. The molecule has 0 N–H and O–H groups in total. The van der Waals surface area contributed by atoms with E-state index < -0.39 is 0 Å². The Labute approximate surface area is 145 Å². The van der Waals surface area contributed by atoms with Gasteiger partial charge in [-0.1, -0.05) is 17.7 Å². The van der Waals surface area contributed by atoms with E-state index in [1.54, 1.807) is 16.8 Å². The number of aryl methyl sites for hydroxylation is 1. The summed E-state index contributed by atoms with van der Waals surface area (Å²) in [5, 5.41) is 4.24. The van der Waals surface area contributed by atoms with Crippen molar-refractivity contribution in [2.24, 2.45) is 0 Å². The molecule has 25 heavy (non-hydrogen) atoms. The molecule has 0 spiro atoms. The highest BCUT2D eigenvalue weighted by Crippen LogP contribution is 2.25. The molecule has 0 aliphatic carbocycles. The average molecular weight is 337 g/mol. The van der Waals surface area contributed by atoms with Crippen molar-refractivity contribution in [1.29, 1.82) is 0 Å². The third-order valence-electron chi connectivity index (χ3n) is 4.49. The van der Waals surface area contributed by atoms with Crippen molar-refractivity contribution in [1.82, 2.24) is 19.6 Å². The van der Waals surface area contributed by atoms with E-state index in [1.165, 1.54) is 6.33 Å². The zero-order valence-electron chi connectivity index (χ0n) is 14.0. The van der Waals surface area contributed by atoms with Crippen LogP contribution >= 0.6 is 0 Å². The number of fused-ring (bicyclic) bond motifs is 1. The van der Waals surface area contributed by atoms with Crippen LogP contribution in [-0.4, -0.2) is 44.7 Å². The van der Waals surface area contributed by atoms with Crippen LogP contribution in [0.3, 0.4) is 0 Å². The number of hydrogen-bond donors (Lipinski definition) is 0. The molecule has 1 fully saturated rings. The van der Waals surface area contributed by atoms with Crippen molar-refractivity contribution >= 4 is 17.6 Å². The molecular formula is C18H19N5O2. The number of anilines is 1. The Morgan fingerprint density at radius 3 is 3.12 bits per heavy atom. The van der Waals surface area contributed by atoms with Crippen LogP contribution in [0.4, 0.5) is 5.82 Å². The largest absolute Gasteiger partial charge is 0.460 e. The molecule has 3 aromatic rings. The van der Waals surface area contributed by atoms with Gasteiger partial charge in [-0.25, -0.2) is 9.78 Å². The quantitative estimate of drug-likeness (QED) is 0.680. The van der Waals surface area contributed by atoms with E-state index in [0.717, 1.165) is 30.8 Å². The van der Waals surface area contributed by atoms with Crippen molar-refractivity contribution in [2.45, 2.75) is 25.8 Å². The minimum Gasteiger partial charge on any atom is -0.460 e. The molecule has 1 saturated heterocycles. The summed E-state index contributed by atoms with van der Waals surface area (Å²) >= 11 is 0. The normalized spacial score (nSPS) is 17.2. The summed E-state index contributed by atoms with van der Waals surface area (Å²) < 4.78 is 7.29. The summed E-state index contributed by atoms with van der Waals surface area (Å²) in [7, 11) is 0. The van der Waals surface area contributed by atoms with Crippen LogP contribution < -0.4 is 4.90 Å². The van der Waals surface area contributed by atoms with Gasteiger partial charge in [0.15, 0.2) is 0 Å². The lowest BCUT2D eigenvalue weighted by atomic mass is 10.1. The lowest BCUT2D eigenvalue weighted by Gasteiger charge is -2.26. The molecule has 4 rings (SSSR count). The van der Waals surface area contributed by atoms with Crippen LogP contribution in [0.2, 0.25) is 0 Å². The molecule has 0 saturated carbocycles. The highest BCUT2D eigenvalue weighted by molar-refractivity contribution is 5.89. The molecular weight excluding hydrogens is 318 g/mol. The van der Waals surface area contributed by atoms with Gasteiger partial charge in [0, 0.05) is 12.7 Å². The molecule has 3 heterocycles. The van der Waals surface area contributed by atoms with Crippen LogP contribution in [0.15, 0.2) is 42.9 Å². The summed E-state index contributed by atoms with van der Waals surface area (Å²) in [4.78, 5) is 22.8. The van der Waals surface area contributed by atoms with Gasteiger partial charge in [0.05, 0.1) is 11.6 Å². The Bertz CT molecular complexity index is 907. The van der Waals surface area contributed by atoms with E-state index in [1.807, 2.05) is 31.2 Å². The predicted molar refractivity (Wildman–Crippen MR) is 92.6 cm³/mol. The lowest BCUT2D eigenvalue weighted by molar-refractivity contribution is 0.0482. The summed E-state index contributed by atoms with van der Waals surface area (Å²) in [6.45, 7) is 3.21. The molecule has 1 unspecified atom stereocenters. The van der Waals surface area contributed by atoms with Gasteiger partial charge in [0.1, 0.15) is 18.8 Å². The molecule has 0 amide bonds. The summed E-state index contributed by atoms with van der Waals surface area (Å²) in [5.74, 6) is 1.22. The standard InChI is InChI=1S/C18H19N5O2/c1-13-4-2-5-14(10-13)17(24)25-11-15-6-3-9-22(15)16-7-8-19-18-20-12-21-23(16)18/h2,4-5,7-8,10,12,15H,3,6,9,11H2,1H3. The fraction of sp³-hybridized carbons (Fsp3) is 0.333. The number of benzene rings is 1. The average Bonchev–Trinajstić information content (AvgIpc) is 3.28. The first-order valence-corrected chi connectivity index (χ1v) is 8.37. The SMILES string of the molecule is Cc1cccc(C(=O)OCC2CCCN2c2ccnc3ncnn23)c1. The zero-order chi connectivity index (χ0) is 17.2. The first-order valence-electron chi connectivity index (χ1n) is 8.37. The van der Waals surface area contributed by atoms with Gasteiger partial charge in [-0.2, -0.15) is 14.6 Å². The van der Waals surface area contributed by atoms with Crippen molar-refractivity contribution in [3.8, 4) is 0 Å². The van der Waals surface area contributed by atoms with Crippen LogP contribution in [0.25, 0.3) is 5.78 Å². The van der Waals surface area contributed by atoms with Crippen molar-refractivity contribution in [3.63, 3.8) is 0 Å². The van der Waals surface area contributed by atoms with Crippen LogP contribution in [0.1, 0.15) is 28.8 Å². The van der Waals surface area contributed by atoms with E-state index in [2.05, 4.69) is 20.0 Å². The number of ether oxygens (including phenoxy) is 1. The molecule has 1 aliphatic heterocycles. The van der Waals surface area contributed by atoms with Crippen molar-refractivity contribution < 1.29 is 9.53 Å². The second-order valence-electron chi connectivity index (χ2n) is 6.23. The van der Waals surface area contributed by atoms with E-state index >= 15 is 0 Å². The number of hydrogen-bond acceptors (Lipinski definition) is 6. The zero-order valence-corrected chi connectivity index (χ0v) is 14.0. The first-order chi connectivity index (χ1) is 12.2. The molecule has 0 radical (unpaired) electrons. The number of rotatable bonds is 4. The Balaban J connectivity index is 1.49. The van der Waals surface area contributed by atoms with Crippen LogP contribution in [-0.2, 0) is 4.74 Å². The Morgan fingerprint density at radius 2 is 2.24 bits per heavy atom. The summed E-state index contributed by atoms with van der Waals surface area (Å²) in [5.41, 5.74) is 1.63. The maximum Gasteiger partial charge on any atom is 0.338 e. The number of carbonyl (C=O) groups excluding carboxylic acids is 1. The molecule has 0 bridgehead atoms. The maximum atomic E-state index is 12.3. The molecule has 1 aliphatic rings. The molecule has 2 aromatic heterocycles. The Morgan fingerprint density at radius 1 is 1.32 bits per heavy atom. The van der Waals surface area contributed by atoms with E-state index in [4.69, 9.17) is 4.74 Å². The van der Waals surface area contributed by atoms with Crippen LogP contribution in [0, 0.1) is 6.92 Å². The first kappa shape index (κ1) is 15.6. The van der Waals surface area contributed by atoms with Gasteiger partial charge < -0.3 is 9.64 Å². The van der Waals surface area contributed by atoms with Gasteiger partial charge >= 0.3 is 5.97 Å². The summed E-state index contributed by atoms with van der Waals surface area (Å²) in [6.07, 6.45) is 5.24. The van der Waals surface area contributed by atoms with E-state index in [0.29, 0.717) is 17.9 Å². The number of aromatic nitrogens is 4. The van der Waals surface area contributed by atoms with Gasteiger partial charge in [-0.15, -0.1) is 0 Å². The monoisotopic (exact) mass is 337 g/mol. The summed E-state index contributed by atoms with van der Waals surface area (Å²) in [6, 6.07) is 9.50. The van der Waals surface area contributed by atoms with Crippen LogP contribution in [0.5, 0.6) is 0 Å². The second kappa shape index (κ2) is 6.51. The van der Waals surface area contributed by atoms with Crippen molar-refractivity contribution in [2.75, 3.05) is 18.1 Å². The molecule has 128 valence electrons. The topological polar surface area (TPSA) is 72.6 Å². The van der Waals surface area contributed by atoms with E-state index in [-0.39, 0.29) is 12.0 Å². The Kier molecular flexibility index (Phi) is 4.05. The van der Waals surface area contributed by atoms with Gasteiger partial charge in [0.25, 0.3) is 5.78 Å². The highest BCUT2D eigenvalue weighted by Gasteiger charge is 2.28. The molecule has 7 heteroatoms. The van der Waals surface area contributed by atoms with E-state index in [9.17, 15) is 4.79 Å². The third-order valence-corrected chi connectivity index (χ3v) is 4.49. The fourth-order valence-corrected chi connectivity index (χ4v) is 3.28. The molecule has 1 atom stereocenters. The van der Waals surface area contributed by atoms with Gasteiger partial charge in [-0.3, -0.25) is 0 Å². The second-order valence-corrected chi connectivity index (χ2v) is 6.23. The lowest BCUT2D eigenvalue weighted by Crippen LogP contribution is -2.35. The minimum atomic E-state index is -0.281. The predicted octanol–water partition coefficient (Wildman–Crippen LogP) is 2.26. The number of esters is 1. The van der Waals surface area contributed by atoms with Gasteiger partial charge in [0.2, 0.25) is 0 Å². The number of carbonyl (C=O) groups is 1. The highest BCUT2D eigenvalue weighted by atomic mass is 16.5. The third kappa shape index (κ3) is 3.05.